The van der Waals surface area contributed by atoms with Crippen molar-refractivity contribution in [2.45, 2.75) is 29.9 Å². The third-order valence-corrected chi connectivity index (χ3v) is 5.60. The first-order chi connectivity index (χ1) is 12.2. The van der Waals surface area contributed by atoms with E-state index < -0.39 is 15.8 Å². The number of hydrogen-bond acceptors (Lipinski definition) is 7. The van der Waals surface area contributed by atoms with E-state index in [0.29, 0.717) is 18.8 Å². The highest BCUT2D eigenvalue weighted by molar-refractivity contribution is 7.89. The Morgan fingerprint density at radius 1 is 1.38 bits per heavy atom. The lowest BCUT2D eigenvalue weighted by Gasteiger charge is -2.31. The van der Waals surface area contributed by atoms with Gasteiger partial charge in [0.05, 0.1) is 29.3 Å². The second-order valence-electron chi connectivity index (χ2n) is 6.81. The van der Waals surface area contributed by atoms with Crippen LogP contribution in [0.3, 0.4) is 0 Å². The first kappa shape index (κ1) is 17.1. The zero-order chi connectivity index (χ0) is 18.5. The maximum Gasteiger partial charge on any atom is 0.238 e. The number of sulfonamides is 1. The molecule has 4 rings (SSSR count). The molecule has 0 saturated carbocycles. The van der Waals surface area contributed by atoms with Crippen LogP contribution in [0, 0.1) is 5.82 Å². The van der Waals surface area contributed by atoms with Crippen molar-refractivity contribution in [2.75, 3.05) is 23.4 Å². The van der Waals surface area contributed by atoms with Crippen LogP contribution in [0.1, 0.15) is 13.3 Å². The van der Waals surface area contributed by atoms with Crippen LogP contribution in [-0.2, 0) is 14.8 Å². The van der Waals surface area contributed by atoms with Gasteiger partial charge >= 0.3 is 0 Å². The van der Waals surface area contributed by atoms with Gasteiger partial charge in [-0.1, -0.05) is 0 Å². The molecule has 3 N–H and O–H groups in total. The van der Waals surface area contributed by atoms with Crippen LogP contribution >= 0.6 is 0 Å². The Bertz CT molecular complexity index is 953. The van der Waals surface area contributed by atoms with E-state index in [1.165, 1.54) is 12.1 Å². The summed E-state index contributed by atoms with van der Waals surface area (Å²) in [5, 5.41) is 8.02. The second kappa shape index (κ2) is 5.86. The van der Waals surface area contributed by atoms with Gasteiger partial charge in [0, 0.05) is 18.7 Å². The summed E-state index contributed by atoms with van der Waals surface area (Å²) in [6.07, 6.45) is 1.97. The molecule has 2 fully saturated rings. The van der Waals surface area contributed by atoms with Crippen molar-refractivity contribution in [3.05, 3.63) is 36.3 Å². The topological polar surface area (TPSA) is 110 Å². The molecule has 10 heteroatoms. The molecule has 1 aromatic heterocycles. The molecule has 2 bridgehead atoms. The molecule has 2 aliphatic rings. The number of morpholine rings is 1. The number of primary sulfonamides is 1. The summed E-state index contributed by atoms with van der Waals surface area (Å²) in [4.78, 5) is 10.2. The molecule has 0 amide bonds. The minimum atomic E-state index is -3.75. The molecule has 2 saturated heterocycles. The van der Waals surface area contributed by atoms with Crippen LogP contribution in [0.5, 0.6) is 0 Å². The first-order valence-corrected chi connectivity index (χ1v) is 9.61. The summed E-state index contributed by atoms with van der Waals surface area (Å²) in [5.41, 5.74) is 0.298. The van der Waals surface area contributed by atoms with Crippen molar-refractivity contribution in [2.24, 2.45) is 5.14 Å². The van der Waals surface area contributed by atoms with Crippen LogP contribution in [-0.4, -0.2) is 43.2 Å². The zero-order valence-corrected chi connectivity index (χ0v) is 14.8. The Balaban J connectivity index is 1.57. The predicted octanol–water partition coefficient (Wildman–Crippen LogP) is 1.37. The molecule has 1 aromatic carbocycles. The molecule has 2 unspecified atom stereocenters. The number of fused-ring (bicyclic) bond motifs is 2. The number of anilines is 3. The third-order valence-electron chi connectivity index (χ3n) is 4.67. The number of nitrogens with zero attached hydrogens (tertiary/aromatic N) is 3. The Hall–Kier alpha value is -2.30. The molecule has 0 radical (unpaired) electrons. The number of ether oxygens (including phenoxy) is 1. The highest BCUT2D eigenvalue weighted by Crippen LogP contribution is 2.40. The average molecular weight is 379 g/mol. The minimum Gasteiger partial charge on any atom is -0.371 e. The molecule has 3 heterocycles. The van der Waals surface area contributed by atoms with Gasteiger partial charge in [-0.15, -0.1) is 0 Å². The summed E-state index contributed by atoms with van der Waals surface area (Å²) in [6, 6.07) is 5.93. The molecule has 0 aliphatic carbocycles. The number of benzene rings is 1. The number of halogens is 1. The van der Waals surface area contributed by atoms with E-state index in [1.807, 2.05) is 11.8 Å². The Morgan fingerprint density at radius 3 is 2.69 bits per heavy atom. The monoisotopic (exact) mass is 379 g/mol. The third kappa shape index (κ3) is 3.11. The smallest absolute Gasteiger partial charge is 0.238 e. The number of rotatable bonds is 4. The van der Waals surface area contributed by atoms with E-state index in [9.17, 15) is 12.8 Å². The predicted molar refractivity (Wildman–Crippen MR) is 93.2 cm³/mol. The summed E-state index contributed by atoms with van der Waals surface area (Å²) < 4.78 is 42.6. The van der Waals surface area contributed by atoms with Gasteiger partial charge in [-0.3, -0.25) is 0 Å². The molecule has 8 nitrogen and oxygen atoms in total. The normalized spacial score (nSPS) is 24.9. The van der Waals surface area contributed by atoms with Crippen molar-refractivity contribution in [3.63, 3.8) is 0 Å². The van der Waals surface area contributed by atoms with Gasteiger partial charge < -0.3 is 15.0 Å². The summed E-state index contributed by atoms with van der Waals surface area (Å²) >= 11 is 0. The van der Waals surface area contributed by atoms with Crippen LogP contribution in [0.15, 0.2) is 35.4 Å². The average Bonchev–Trinajstić information content (AvgIpc) is 3.12. The van der Waals surface area contributed by atoms with E-state index in [2.05, 4.69) is 15.3 Å². The van der Waals surface area contributed by atoms with E-state index in [0.717, 1.165) is 12.6 Å². The molecule has 26 heavy (non-hydrogen) atoms. The quantitative estimate of drug-likeness (QED) is 0.825. The van der Waals surface area contributed by atoms with E-state index in [4.69, 9.17) is 9.88 Å². The van der Waals surface area contributed by atoms with Crippen molar-refractivity contribution in [1.29, 1.82) is 0 Å². The van der Waals surface area contributed by atoms with Crippen LogP contribution in [0.25, 0.3) is 0 Å². The SMILES string of the molecule is CC12CC(CO1)N(c1nc(Nc3ccc(S(N)(=O)=O)cc3)ncc1F)C2. The van der Waals surface area contributed by atoms with Crippen molar-refractivity contribution < 1.29 is 17.5 Å². The molecule has 0 spiro atoms. The minimum absolute atomic E-state index is 0.00472. The van der Waals surface area contributed by atoms with E-state index >= 15 is 0 Å². The fourth-order valence-electron chi connectivity index (χ4n) is 3.44. The Morgan fingerprint density at radius 2 is 2.12 bits per heavy atom. The molecule has 2 atom stereocenters. The molecule has 2 aliphatic heterocycles. The maximum atomic E-state index is 14.3. The summed E-state index contributed by atoms with van der Waals surface area (Å²) in [6.45, 7) is 3.14. The molecular weight excluding hydrogens is 361 g/mol. The van der Waals surface area contributed by atoms with Crippen molar-refractivity contribution in [1.82, 2.24) is 9.97 Å². The van der Waals surface area contributed by atoms with E-state index in [1.54, 1.807) is 12.1 Å². The van der Waals surface area contributed by atoms with Gasteiger partial charge in [-0.05, 0) is 31.2 Å². The molecule has 2 aromatic rings. The first-order valence-electron chi connectivity index (χ1n) is 8.07. The summed E-state index contributed by atoms with van der Waals surface area (Å²) in [5.74, 6) is -0.0319. The van der Waals surface area contributed by atoms with E-state index in [-0.39, 0.29) is 28.3 Å². The van der Waals surface area contributed by atoms with Crippen molar-refractivity contribution in [3.8, 4) is 0 Å². The zero-order valence-electron chi connectivity index (χ0n) is 14.0. The standard InChI is InChI=1S/C16H18FN5O3S/c1-16-6-11(8-25-16)22(9-16)14-13(17)7-19-15(21-14)20-10-2-4-12(5-3-10)26(18,23)24/h2-5,7,11H,6,8-9H2,1H3,(H2,18,23,24)(H,19,20,21). The fraction of sp³-hybridized carbons (Fsp3) is 0.375. The van der Waals surface area contributed by atoms with Gasteiger partial charge in [-0.2, -0.15) is 4.98 Å². The van der Waals surface area contributed by atoms with Crippen LogP contribution < -0.4 is 15.4 Å². The van der Waals surface area contributed by atoms with Gasteiger partial charge in [-0.25, -0.2) is 22.9 Å². The maximum absolute atomic E-state index is 14.3. The Labute approximate surface area is 150 Å². The lowest BCUT2D eigenvalue weighted by atomic mass is 10.1. The number of nitrogens with two attached hydrogens (primary N) is 1. The van der Waals surface area contributed by atoms with Crippen LogP contribution in [0.4, 0.5) is 21.8 Å². The van der Waals surface area contributed by atoms with Crippen LogP contribution in [0.2, 0.25) is 0 Å². The largest absolute Gasteiger partial charge is 0.371 e. The summed E-state index contributed by atoms with van der Waals surface area (Å²) in [7, 11) is -3.75. The number of aromatic nitrogens is 2. The van der Waals surface area contributed by atoms with Gasteiger partial charge in [0.15, 0.2) is 11.6 Å². The number of hydrogen-bond donors (Lipinski definition) is 2. The molecule has 138 valence electrons. The lowest BCUT2D eigenvalue weighted by Crippen LogP contribution is -2.42. The van der Waals surface area contributed by atoms with Gasteiger partial charge in [0.25, 0.3) is 0 Å². The molecular formula is C16H18FN5O3S. The highest BCUT2D eigenvalue weighted by Gasteiger charge is 2.48. The number of nitrogens with one attached hydrogen (secondary N) is 1. The highest BCUT2D eigenvalue weighted by atomic mass is 32.2. The second-order valence-corrected chi connectivity index (χ2v) is 8.37. The van der Waals surface area contributed by atoms with Gasteiger partial charge in [0.1, 0.15) is 0 Å². The lowest BCUT2D eigenvalue weighted by molar-refractivity contribution is 0.0166. The van der Waals surface area contributed by atoms with Gasteiger partial charge in [0.2, 0.25) is 16.0 Å². The Kier molecular flexibility index (Phi) is 3.86. The fourth-order valence-corrected chi connectivity index (χ4v) is 3.95. The van der Waals surface area contributed by atoms with Crippen molar-refractivity contribution >= 4 is 27.5 Å².